The van der Waals surface area contributed by atoms with Crippen LogP contribution in [-0.4, -0.2) is 24.2 Å². The van der Waals surface area contributed by atoms with Gasteiger partial charge >= 0.3 is 11.9 Å². The van der Waals surface area contributed by atoms with E-state index in [1.807, 2.05) is 24.3 Å². The molecule has 0 amide bonds. The molecule has 0 bridgehead atoms. The lowest BCUT2D eigenvalue weighted by Crippen LogP contribution is -2.08. The van der Waals surface area contributed by atoms with Gasteiger partial charge in [0.2, 0.25) is 0 Å². The van der Waals surface area contributed by atoms with Gasteiger partial charge in [0.05, 0.1) is 18.2 Å². The van der Waals surface area contributed by atoms with E-state index in [1.54, 1.807) is 39.0 Å². The van der Waals surface area contributed by atoms with Crippen molar-refractivity contribution in [3.63, 3.8) is 0 Å². The smallest absolute Gasteiger partial charge is 0.338 e. The second-order valence-corrected chi connectivity index (χ2v) is 5.88. The first-order chi connectivity index (χ1) is 12.4. The molecule has 0 heterocycles. The van der Waals surface area contributed by atoms with Crippen molar-refractivity contribution in [1.82, 2.24) is 0 Å². The first-order valence-corrected chi connectivity index (χ1v) is 8.19. The van der Waals surface area contributed by atoms with Gasteiger partial charge in [0, 0.05) is 0 Å². The number of hydrogen-bond donors (Lipinski definition) is 1. The average molecular weight is 354 g/mol. The van der Waals surface area contributed by atoms with Crippen LogP contribution in [-0.2, 0) is 16.1 Å². The molecule has 0 spiro atoms. The molecule has 0 aliphatic heterocycles. The fraction of sp³-hybridized carbons (Fsp3) is 0.238. The Morgan fingerprint density at radius 3 is 2.38 bits per heavy atom. The maximum Gasteiger partial charge on any atom is 0.338 e. The lowest BCUT2D eigenvalue weighted by molar-refractivity contribution is -0.133. The van der Waals surface area contributed by atoms with E-state index in [2.05, 4.69) is 0 Å². The molecule has 5 heteroatoms. The molecule has 1 N–H and O–H groups in total. The second kappa shape index (κ2) is 8.34. The molecule has 2 aromatic carbocycles. The van der Waals surface area contributed by atoms with Crippen molar-refractivity contribution in [3.05, 3.63) is 70.3 Å². The largest absolute Gasteiger partial charge is 0.489 e. The molecule has 26 heavy (non-hydrogen) atoms. The molecular formula is C21H22O5. The summed E-state index contributed by atoms with van der Waals surface area (Å²) in [7, 11) is 1.35. The van der Waals surface area contributed by atoms with Gasteiger partial charge < -0.3 is 14.6 Å². The molecule has 0 fully saturated rings. The number of carbonyl (C=O) groups excluding carboxylic acids is 1. The zero-order valence-corrected chi connectivity index (χ0v) is 15.3. The number of carbonyl (C=O) groups is 2. The number of rotatable bonds is 6. The molecule has 136 valence electrons. The van der Waals surface area contributed by atoms with Gasteiger partial charge in [-0.25, -0.2) is 9.59 Å². The topological polar surface area (TPSA) is 72.8 Å². The molecular weight excluding hydrogens is 332 g/mol. The number of benzene rings is 2. The fourth-order valence-corrected chi connectivity index (χ4v) is 2.73. The number of esters is 1. The normalized spacial score (nSPS) is 11.2. The van der Waals surface area contributed by atoms with E-state index >= 15 is 0 Å². The maximum atomic E-state index is 12.0. The van der Waals surface area contributed by atoms with Gasteiger partial charge in [-0.1, -0.05) is 30.3 Å². The van der Waals surface area contributed by atoms with Crippen LogP contribution in [0.25, 0.3) is 5.57 Å². The number of carboxylic acid groups (broad SMARTS) is 1. The Hall–Kier alpha value is -3.08. The van der Waals surface area contributed by atoms with Gasteiger partial charge in [0.1, 0.15) is 12.4 Å². The van der Waals surface area contributed by atoms with Crippen LogP contribution < -0.4 is 4.74 Å². The second-order valence-electron chi connectivity index (χ2n) is 5.88. The van der Waals surface area contributed by atoms with Crippen LogP contribution in [0.1, 0.15) is 39.5 Å². The van der Waals surface area contributed by atoms with Crippen molar-refractivity contribution in [2.24, 2.45) is 0 Å². The van der Waals surface area contributed by atoms with Crippen molar-refractivity contribution < 1.29 is 24.2 Å². The predicted molar refractivity (Wildman–Crippen MR) is 99.3 cm³/mol. The minimum Gasteiger partial charge on any atom is -0.489 e. The third-order valence-electron chi connectivity index (χ3n) is 4.14. The predicted octanol–water partition coefficient (Wildman–Crippen LogP) is 4.16. The fourth-order valence-electron chi connectivity index (χ4n) is 2.73. The van der Waals surface area contributed by atoms with Crippen LogP contribution in [0.3, 0.4) is 0 Å². The number of methoxy groups -OCH3 is 1. The third kappa shape index (κ3) is 4.11. The van der Waals surface area contributed by atoms with Crippen LogP contribution in [0.15, 0.2) is 42.5 Å². The van der Waals surface area contributed by atoms with Crippen molar-refractivity contribution in [2.75, 3.05) is 7.11 Å². The molecule has 2 aromatic rings. The Morgan fingerprint density at radius 1 is 1.08 bits per heavy atom. The summed E-state index contributed by atoms with van der Waals surface area (Å²) in [6, 6.07) is 10.8. The number of hydrogen-bond acceptors (Lipinski definition) is 4. The van der Waals surface area contributed by atoms with E-state index in [0.717, 1.165) is 16.7 Å². The van der Waals surface area contributed by atoms with Gasteiger partial charge in [-0.05, 0) is 55.2 Å². The SMILES string of the molecule is CC=C(C(=O)OC)c1ccccc1COc1cc(C)c(C(=O)O)cc1C. The molecule has 0 radical (unpaired) electrons. The summed E-state index contributed by atoms with van der Waals surface area (Å²) in [6.07, 6.45) is 1.71. The summed E-state index contributed by atoms with van der Waals surface area (Å²) < 4.78 is 10.8. The zero-order chi connectivity index (χ0) is 19.3. The average Bonchev–Trinajstić information content (AvgIpc) is 2.63. The van der Waals surface area contributed by atoms with E-state index in [4.69, 9.17) is 9.47 Å². The molecule has 0 aliphatic carbocycles. The van der Waals surface area contributed by atoms with E-state index < -0.39 is 11.9 Å². The molecule has 0 unspecified atom stereocenters. The lowest BCUT2D eigenvalue weighted by Gasteiger charge is -2.15. The Kier molecular flexibility index (Phi) is 6.17. The van der Waals surface area contributed by atoms with Gasteiger partial charge in [-0.15, -0.1) is 0 Å². The standard InChI is InChI=1S/C21H22O5/c1-5-16(21(24)25-4)17-9-7-6-8-15(17)12-26-19-11-13(2)18(20(22)23)10-14(19)3/h5-11H,12H2,1-4H3,(H,22,23). The molecule has 5 nitrogen and oxygen atoms in total. The number of aryl methyl sites for hydroxylation is 2. The van der Waals surface area contributed by atoms with Crippen molar-refractivity contribution in [1.29, 1.82) is 0 Å². The lowest BCUT2D eigenvalue weighted by atomic mass is 10.00. The summed E-state index contributed by atoms with van der Waals surface area (Å²) >= 11 is 0. The molecule has 0 aliphatic rings. The molecule has 2 rings (SSSR count). The molecule has 0 atom stereocenters. The number of aromatic carboxylic acids is 1. The number of carboxylic acids is 1. The minimum atomic E-state index is -0.960. The van der Waals surface area contributed by atoms with Gasteiger partial charge in [-0.2, -0.15) is 0 Å². The first-order valence-electron chi connectivity index (χ1n) is 8.19. The van der Waals surface area contributed by atoms with E-state index in [-0.39, 0.29) is 12.2 Å². The van der Waals surface area contributed by atoms with Crippen molar-refractivity contribution >= 4 is 17.5 Å². The first kappa shape index (κ1) is 19.2. The summed E-state index contributed by atoms with van der Waals surface area (Å²) in [5.41, 5.74) is 3.70. The maximum absolute atomic E-state index is 12.0. The van der Waals surface area contributed by atoms with Gasteiger partial charge in [-0.3, -0.25) is 0 Å². The molecule has 0 saturated carbocycles. The van der Waals surface area contributed by atoms with Crippen molar-refractivity contribution in [3.8, 4) is 5.75 Å². The Bertz CT molecular complexity index is 865. The highest BCUT2D eigenvalue weighted by molar-refractivity contribution is 6.16. The highest BCUT2D eigenvalue weighted by atomic mass is 16.5. The Labute approximate surface area is 152 Å². The Balaban J connectivity index is 2.30. The van der Waals surface area contributed by atoms with E-state index in [1.165, 1.54) is 7.11 Å². The minimum absolute atomic E-state index is 0.247. The number of ether oxygens (including phenoxy) is 2. The summed E-state index contributed by atoms with van der Waals surface area (Å²) in [4.78, 5) is 23.2. The molecule has 0 saturated heterocycles. The summed E-state index contributed by atoms with van der Waals surface area (Å²) in [5.74, 6) is -0.751. The van der Waals surface area contributed by atoms with Crippen LogP contribution in [0.2, 0.25) is 0 Å². The Morgan fingerprint density at radius 2 is 1.77 bits per heavy atom. The van der Waals surface area contributed by atoms with Crippen LogP contribution in [0.4, 0.5) is 0 Å². The monoisotopic (exact) mass is 354 g/mol. The summed E-state index contributed by atoms with van der Waals surface area (Å²) in [5, 5.41) is 9.20. The highest BCUT2D eigenvalue weighted by Crippen LogP contribution is 2.26. The van der Waals surface area contributed by atoms with E-state index in [0.29, 0.717) is 16.9 Å². The molecule has 0 aromatic heterocycles. The van der Waals surface area contributed by atoms with Crippen molar-refractivity contribution in [2.45, 2.75) is 27.4 Å². The van der Waals surface area contributed by atoms with E-state index in [9.17, 15) is 14.7 Å². The van der Waals surface area contributed by atoms with Gasteiger partial charge in [0.25, 0.3) is 0 Å². The summed E-state index contributed by atoms with van der Waals surface area (Å²) in [6.45, 7) is 5.57. The van der Waals surface area contributed by atoms with Crippen LogP contribution in [0, 0.1) is 13.8 Å². The quantitative estimate of drug-likeness (QED) is 0.623. The number of allylic oxidation sites excluding steroid dienone is 1. The van der Waals surface area contributed by atoms with Gasteiger partial charge in [0.15, 0.2) is 0 Å². The third-order valence-corrected chi connectivity index (χ3v) is 4.14. The zero-order valence-electron chi connectivity index (χ0n) is 15.3. The van der Waals surface area contributed by atoms with Crippen LogP contribution >= 0.6 is 0 Å². The highest BCUT2D eigenvalue weighted by Gasteiger charge is 2.16. The van der Waals surface area contributed by atoms with Crippen LogP contribution in [0.5, 0.6) is 5.75 Å².